The number of hydrogen-bond acceptors (Lipinski definition) is 3. The zero-order valence-electron chi connectivity index (χ0n) is 9.31. The van der Waals surface area contributed by atoms with Crippen LogP contribution >= 0.6 is 11.3 Å². The van der Waals surface area contributed by atoms with Crippen LogP contribution in [-0.2, 0) is 4.79 Å². The van der Waals surface area contributed by atoms with Crippen LogP contribution in [-0.4, -0.2) is 20.5 Å². The molecular formula is C11H12N2O2S. The molecule has 0 radical (unpaired) electrons. The van der Waals surface area contributed by atoms with E-state index >= 15 is 0 Å². The lowest BCUT2D eigenvalue weighted by molar-refractivity contribution is -0.132. The van der Waals surface area contributed by atoms with Gasteiger partial charge in [-0.3, -0.25) is 4.40 Å². The Balaban J connectivity index is 2.62. The number of imidazole rings is 1. The number of rotatable bonds is 2. The number of hydrogen-bond donors (Lipinski definition) is 1. The summed E-state index contributed by atoms with van der Waals surface area (Å²) in [7, 11) is 0. The standard InChI is InChI=1S/C11H12N2O2S/c1-6(10(14)15)4-9-8(3)12-11-13(9)5-7(2)16-11/h4-5H,1-3H3,(H,14,15). The molecule has 0 aromatic carbocycles. The SMILES string of the molecule is CC(=Cc1c(C)nc2sc(C)cn12)C(=O)O. The summed E-state index contributed by atoms with van der Waals surface area (Å²) < 4.78 is 1.93. The molecule has 0 amide bonds. The lowest BCUT2D eigenvalue weighted by Gasteiger charge is -1.95. The summed E-state index contributed by atoms with van der Waals surface area (Å²) in [6, 6.07) is 0. The monoisotopic (exact) mass is 236 g/mol. The summed E-state index contributed by atoms with van der Waals surface area (Å²) in [5, 5.41) is 8.85. The minimum absolute atomic E-state index is 0.314. The van der Waals surface area contributed by atoms with E-state index in [-0.39, 0.29) is 0 Å². The summed E-state index contributed by atoms with van der Waals surface area (Å²) in [6.07, 6.45) is 3.63. The Bertz CT molecular complexity index is 592. The van der Waals surface area contributed by atoms with Gasteiger partial charge in [0, 0.05) is 16.6 Å². The largest absolute Gasteiger partial charge is 0.478 e. The van der Waals surface area contributed by atoms with Gasteiger partial charge in [0.15, 0.2) is 4.96 Å². The fraction of sp³-hybridized carbons (Fsp3) is 0.273. The minimum Gasteiger partial charge on any atom is -0.478 e. The zero-order chi connectivity index (χ0) is 11.9. The molecule has 2 aromatic rings. The number of aromatic nitrogens is 2. The van der Waals surface area contributed by atoms with Gasteiger partial charge in [0.25, 0.3) is 0 Å². The number of aliphatic carboxylic acids is 1. The number of carbonyl (C=O) groups is 1. The fourth-order valence-electron chi connectivity index (χ4n) is 1.52. The van der Waals surface area contributed by atoms with E-state index in [4.69, 9.17) is 5.11 Å². The number of carboxylic acid groups (broad SMARTS) is 1. The third kappa shape index (κ3) is 1.74. The Morgan fingerprint density at radius 1 is 1.56 bits per heavy atom. The number of fused-ring (bicyclic) bond motifs is 1. The summed E-state index contributed by atoms with van der Waals surface area (Å²) in [5.74, 6) is -0.902. The number of aryl methyl sites for hydroxylation is 2. The highest BCUT2D eigenvalue weighted by Gasteiger charge is 2.10. The van der Waals surface area contributed by atoms with E-state index in [1.165, 1.54) is 0 Å². The molecule has 0 saturated heterocycles. The Morgan fingerprint density at radius 3 is 2.88 bits per heavy atom. The maximum atomic E-state index is 10.8. The van der Waals surface area contributed by atoms with Crippen molar-refractivity contribution in [2.75, 3.05) is 0 Å². The third-order valence-corrected chi connectivity index (χ3v) is 3.25. The van der Waals surface area contributed by atoms with Crippen molar-refractivity contribution in [1.82, 2.24) is 9.38 Å². The Hall–Kier alpha value is -1.62. The molecule has 0 saturated carbocycles. The van der Waals surface area contributed by atoms with Crippen LogP contribution in [0.25, 0.3) is 11.0 Å². The molecule has 2 rings (SSSR count). The first-order chi connectivity index (χ1) is 7.49. The molecule has 0 unspecified atom stereocenters. The molecule has 0 atom stereocenters. The van der Waals surface area contributed by atoms with E-state index in [0.29, 0.717) is 5.57 Å². The molecule has 0 aliphatic carbocycles. The van der Waals surface area contributed by atoms with Gasteiger partial charge in [-0.2, -0.15) is 0 Å². The van der Waals surface area contributed by atoms with Crippen molar-refractivity contribution in [1.29, 1.82) is 0 Å². The second-order valence-electron chi connectivity index (χ2n) is 3.71. The minimum atomic E-state index is -0.902. The Kier molecular flexibility index (Phi) is 2.55. The molecule has 4 nitrogen and oxygen atoms in total. The quantitative estimate of drug-likeness (QED) is 0.815. The lowest BCUT2D eigenvalue weighted by Crippen LogP contribution is -1.96. The van der Waals surface area contributed by atoms with E-state index < -0.39 is 5.97 Å². The molecule has 16 heavy (non-hydrogen) atoms. The molecule has 0 fully saturated rings. The maximum absolute atomic E-state index is 10.8. The van der Waals surface area contributed by atoms with E-state index in [1.54, 1.807) is 24.3 Å². The number of thiazole rings is 1. The van der Waals surface area contributed by atoms with E-state index in [9.17, 15) is 4.79 Å². The summed E-state index contributed by atoms with van der Waals surface area (Å²) >= 11 is 1.60. The van der Waals surface area contributed by atoms with Crippen molar-refractivity contribution in [2.45, 2.75) is 20.8 Å². The molecule has 2 aromatic heterocycles. The summed E-state index contributed by atoms with van der Waals surface area (Å²) in [4.78, 5) is 17.2. The predicted molar refractivity (Wildman–Crippen MR) is 63.8 cm³/mol. The van der Waals surface area contributed by atoms with E-state index in [0.717, 1.165) is 21.2 Å². The van der Waals surface area contributed by atoms with Crippen LogP contribution in [0, 0.1) is 13.8 Å². The number of carboxylic acids is 1. The van der Waals surface area contributed by atoms with Gasteiger partial charge in [0.05, 0.1) is 11.4 Å². The molecule has 5 heteroatoms. The van der Waals surface area contributed by atoms with Gasteiger partial charge in [0.1, 0.15) is 0 Å². The molecule has 0 bridgehead atoms. The van der Waals surface area contributed by atoms with E-state index in [2.05, 4.69) is 4.98 Å². The molecule has 0 aliphatic rings. The third-order valence-electron chi connectivity index (χ3n) is 2.35. The summed E-state index contributed by atoms with van der Waals surface area (Å²) in [6.45, 7) is 5.47. The first-order valence-electron chi connectivity index (χ1n) is 4.85. The van der Waals surface area contributed by atoms with Crippen LogP contribution in [0.5, 0.6) is 0 Å². The van der Waals surface area contributed by atoms with Crippen molar-refractivity contribution in [3.05, 3.63) is 28.0 Å². The van der Waals surface area contributed by atoms with Crippen LogP contribution in [0.3, 0.4) is 0 Å². The molecular weight excluding hydrogens is 224 g/mol. The molecule has 1 N–H and O–H groups in total. The second-order valence-corrected chi connectivity index (χ2v) is 4.92. The van der Waals surface area contributed by atoms with Gasteiger partial charge in [-0.1, -0.05) is 0 Å². The summed E-state index contributed by atoms with van der Waals surface area (Å²) in [5.41, 5.74) is 2.01. The smallest absolute Gasteiger partial charge is 0.331 e. The number of nitrogens with zero attached hydrogens (tertiary/aromatic N) is 2. The van der Waals surface area contributed by atoms with Crippen LogP contribution in [0.15, 0.2) is 11.8 Å². The average Bonchev–Trinajstić information content (AvgIpc) is 2.65. The molecule has 0 aliphatic heterocycles. The molecule has 84 valence electrons. The highest BCUT2D eigenvalue weighted by molar-refractivity contribution is 7.17. The average molecular weight is 236 g/mol. The van der Waals surface area contributed by atoms with Gasteiger partial charge in [-0.15, -0.1) is 11.3 Å². The fourth-order valence-corrected chi connectivity index (χ4v) is 2.40. The van der Waals surface area contributed by atoms with Gasteiger partial charge >= 0.3 is 5.97 Å². The Morgan fingerprint density at radius 2 is 2.25 bits per heavy atom. The normalized spacial score (nSPS) is 12.3. The zero-order valence-corrected chi connectivity index (χ0v) is 10.1. The van der Waals surface area contributed by atoms with Crippen LogP contribution < -0.4 is 0 Å². The van der Waals surface area contributed by atoms with Gasteiger partial charge in [-0.05, 0) is 26.8 Å². The molecule has 0 spiro atoms. The van der Waals surface area contributed by atoms with Crippen molar-refractivity contribution in [2.24, 2.45) is 0 Å². The first kappa shape index (κ1) is 10.9. The van der Waals surface area contributed by atoms with Gasteiger partial charge in [0.2, 0.25) is 0 Å². The topological polar surface area (TPSA) is 54.6 Å². The molecule has 2 heterocycles. The highest BCUT2D eigenvalue weighted by atomic mass is 32.1. The lowest BCUT2D eigenvalue weighted by atomic mass is 10.2. The Labute approximate surface area is 96.9 Å². The van der Waals surface area contributed by atoms with Crippen molar-refractivity contribution in [3.8, 4) is 0 Å². The van der Waals surface area contributed by atoms with Crippen molar-refractivity contribution < 1.29 is 9.90 Å². The van der Waals surface area contributed by atoms with Crippen molar-refractivity contribution in [3.63, 3.8) is 0 Å². The first-order valence-corrected chi connectivity index (χ1v) is 5.67. The highest BCUT2D eigenvalue weighted by Crippen LogP contribution is 2.22. The van der Waals surface area contributed by atoms with Gasteiger partial charge < -0.3 is 5.11 Å². The second kappa shape index (κ2) is 3.75. The predicted octanol–water partition coefficient (Wildman–Crippen LogP) is 2.50. The van der Waals surface area contributed by atoms with Gasteiger partial charge in [-0.25, -0.2) is 9.78 Å². The van der Waals surface area contributed by atoms with E-state index in [1.807, 2.05) is 24.4 Å². The van der Waals surface area contributed by atoms with Crippen LogP contribution in [0.4, 0.5) is 0 Å². The maximum Gasteiger partial charge on any atom is 0.331 e. The van der Waals surface area contributed by atoms with Crippen LogP contribution in [0.1, 0.15) is 23.2 Å². The van der Waals surface area contributed by atoms with Crippen LogP contribution in [0.2, 0.25) is 0 Å². The van der Waals surface area contributed by atoms with Crippen molar-refractivity contribution >= 4 is 28.3 Å².